The molecular weight excluding hydrogens is 417 g/mol. The Balaban J connectivity index is 0. The molecule has 0 spiro atoms. The van der Waals surface area contributed by atoms with Crippen molar-refractivity contribution in [2.75, 3.05) is 17.3 Å². The Morgan fingerprint density at radius 1 is 0.429 bits per heavy atom. The third kappa shape index (κ3) is 40.9. The van der Waals surface area contributed by atoms with Crippen molar-refractivity contribution in [2.24, 2.45) is 0 Å². The van der Waals surface area contributed by atoms with Gasteiger partial charge in [-0.3, -0.25) is 0 Å². The van der Waals surface area contributed by atoms with E-state index in [0.29, 0.717) is 0 Å². The summed E-state index contributed by atoms with van der Waals surface area (Å²) in [4.78, 5) is 0. The molecule has 0 saturated heterocycles. The summed E-state index contributed by atoms with van der Waals surface area (Å²) in [6.45, 7) is 6.95. The Morgan fingerprint density at radius 3 is 0.929 bits per heavy atom. The molecule has 0 N–H and O–H groups in total. The first-order valence-electron chi connectivity index (χ1n) is 11.0. The Labute approximate surface area is 172 Å². The first-order chi connectivity index (χ1) is 12.8. The zero-order valence-corrected chi connectivity index (χ0v) is 19.9. The molecule has 0 radical (unpaired) electrons. The van der Waals surface area contributed by atoms with E-state index in [0.717, 1.165) is 10.9 Å². The van der Waals surface area contributed by atoms with Gasteiger partial charge in [-0.05, 0) is 49.4 Å². The predicted octanol–water partition coefficient (Wildman–Crippen LogP) is 10.5. The molecule has 0 aliphatic carbocycles. The summed E-state index contributed by atoms with van der Waals surface area (Å²) in [6.07, 6.45) is 20.4. The van der Waals surface area contributed by atoms with Gasteiger partial charge in [0.2, 0.25) is 0 Å². The van der Waals surface area contributed by atoms with Crippen molar-refractivity contribution in [3.63, 3.8) is 0 Å². The number of hydrogen-bond donors (Lipinski definition) is 0. The molecule has 0 nitrogen and oxygen atoms in total. The first kappa shape index (κ1) is 30.6. The molecule has 0 aliphatic heterocycles. The molecule has 0 aromatic carbocycles. The van der Waals surface area contributed by atoms with Crippen LogP contribution >= 0.6 is 7.81 Å². The first-order valence-corrected chi connectivity index (χ1v) is 14.8. The van der Waals surface area contributed by atoms with Gasteiger partial charge in [0.15, 0.2) is 0 Å². The molecule has 0 aromatic heterocycles. The summed E-state index contributed by atoms with van der Waals surface area (Å²) >= 11 is 0. The minimum atomic E-state index is -10.7. The van der Waals surface area contributed by atoms with E-state index in [9.17, 15) is 25.2 Å². The molecule has 0 bridgehead atoms. The average molecular weight is 461 g/mol. The monoisotopic (exact) mass is 460 g/mol. The second-order valence-electron chi connectivity index (χ2n) is 7.57. The molecule has 0 aliphatic rings. The van der Waals surface area contributed by atoms with Crippen LogP contribution in [-0.2, 0) is 10.9 Å². The van der Waals surface area contributed by atoms with Gasteiger partial charge < -0.3 is 0 Å². The van der Waals surface area contributed by atoms with Gasteiger partial charge in [-0.1, -0.05) is 72.1 Å². The van der Waals surface area contributed by atoms with Gasteiger partial charge >= 0.3 is 33.0 Å². The van der Waals surface area contributed by atoms with Crippen LogP contribution < -0.4 is 0 Å². The zero-order valence-electron chi connectivity index (χ0n) is 18.1. The molecule has 0 saturated carbocycles. The summed E-state index contributed by atoms with van der Waals surface area (Å²) in [5.74, 6) is 4.63. The maximum absolute atomic E-state index is 10.7. The van der Waals surface area contributed by atoms with Crippen molar-refractivity contribution in [3.8, 4) is 0 Å². The quantitative estimate of drug-likeness (QED) is 0.0876. The van der Waals surface area contributed by atoms with E-state index in [1.807, 2.05) is 0 Å². The molecule has 8 heteroatoms. The molecule has 0 rings (SSSR count). The van der Waals surface area contributed by atoms with Gasteiger partial charge in [0.1, 0.15) is 17.3 Å². The second-order valence-corrected chi connectivity index (χ2v) is 11.9. The van der Waals surface area contributed by atoms with Crippen LogP contribution in [0.15, 0.2) is 0 Å². The molecule has 0 unspecified atom stereocenters. The Bertz CT molecular complexity index is 321. The fourth-order valence-corrected chi connectivity index (χ4v) is 5.31. The minimum absolute atomic E-state index is 0.761. The number of halogens is 6. The zero-order chi connectivity index (χ0) is 22.0. The van der Waals surface area contributed by atoms with E-state index in [4.69, 9.17) is 0 Å². The van der Waals surface area contributed by atoms with Gasteiger partial charge in [-0.25, -0.2) is 0 Å². The summed E-state index contributed by atoms with van der Waals surface area (Å²) in [6, 6.07) is 0. The van der Waals surface area contributed by atoms with Crippen molar-refractivity contribution < 1.29 is 25.2 Å². The van der Waals surface area contributed by atoms with Crippen LogP contribution in [0, 0.1) is 0 Å². The van der Waals surface area contributed by atoms with Crippen LogP contribution in [0.2, 0.25) is 0 Å². The second kappa shape index (κ2) is 15.2. The van der Waals surface area contributed by atoms with E-state index in [2.05, 4.69) is 20.8 Å². The van der Waals surface area contributed by atoms with Gasteiger partial charge in [0.25, 0.3) is 0 Å². The fraction of sp³-hybridized carbons (Fsp3) is 1.00. The molecular formula is C20H43F6PS. The van der Waals surface area contributed by atoms with Gasteiger partial charge in [-0.2, -0.15) is 0 Å². The standard InChI is InChI=1S/C20H43S.F6P/c1-4-7-10-13-14-17-20-21(18-15-11-8-5-2)19-16-12-9-6-3;1-7(2,3,4,5)6/h4-20H2,1-3H3;/q+1;-1. The molecule has 0 atom stereocenters. The van der Waals surface area contributed by atoms with Crippen molar-refractivity contribution in [2.45, 2.75) is 111 Å². The van der Waals surface area contributed by atoms with E-state index in [1.54, 1.807) is 17.3 Å². The predicted molar refractivity (Wildman–Crippen MR) is 117 cm³/mol. The summed E-state index contributed by atoms with van der Waals surface area (Å²) in [5, 5.41) is 0. The fourth-order valence-electron chi connectivity index (χ4n) is 2.86. The van der Waals surface area contributed by atoms with Crippen molar-refractivity contribution in [1.82, 2.24) is 0 Å². The van der Waals surface area contributed by atoms with Crippen LogP contribution in [0.5, 0.6) is 0 Å². The third-order valence-electron chi connectivity index (χ3n) is 4.36. The third-order valence-corrected chi connectivity index (χ3v) is 6.96. The van der Waals surface area contributed by atoms with Crippen LogP contribution in [-0.4, -0.2) is 17.3 Å². The van der Waals surface area contributed by atoms with Crippen molar-refractivity contribution in [1.29, 1.82) is 0 Å². The van der Waals surface area contributed by atoms with E-state index in [1.165, 1.54) is 89.9 Å². The maximum atomic E-state index is 9.87. The Hall–Kier alpha value is 0.360. The van der Waals surface area contributed by atoms with Gasteiger partial charge in [0, 0.05) is 0 Å². The molecule has 0 amide bonds. The van der Waals surface area contributed by atoms with E-state index >= 15 is 0 Å². The average Bonchev–Trinajstić information content (AvgIpc) is 2.55. The van der Waals surface area contributed by atoms with Crippen molar-refractivity contribution in [3.05, 3.63) is 0 Å². The molecule has 0 aromatic rings. The van der Waals surface area contributed by atoms with Crippen molar-refractivity contribution >= 4 is 18.7 Å². The van der Waals surface area contributed by atoms with E-state index < -0.39 is 7.81 Å². The summed E-state index contributed by atoms with van der Waals surface area (Å²) in [5.41, 5.74) is 0. The van der Waals surface area contributed by atoms with Crippen LogP contribution in [0.1, 0.15) is 111 Å². The normalized spacial score (nSPS) is 14.4. The van der Waals surface area contributed by atoms with Gasteiger partial charge in [-0.15, -0.1) is 0 Å². The number of hydrogen-bond acceptors (Lipinski definition) is 0. The molecule has 0 heterocycles. The molecule has 0 fully saturated rings. The summed E-state index contributed by atoms with van der Waals surface area (Å²) < 4.78 is 59.2. The van der Waals surface area contributed by atoms with E-state index in [-0.39, 0.29) is 0 Å². The van der Waals surface area contributed by atoms with Crippen LogP contribution in [0.3, 0.4) is 0 Å². The Morgan fingerprint density at radius 2 is 0.643 bits per heavy atom. The molecule has 176 valence electrons. The Kier molecular flexibility index (Phi) is 16.6. The number of rotatable bonds is 17. The topological polar surface area (TPSA) is 0 Å². The van der Waals surface area contributed by atoms with Gasteiger partial charge in [0.05, 0.1) is 0 Å². The SMILES string of the molecule is CCCCCCCC[S+](CCCCCC)CCCCCC.F[P-](F)(F)(F)(F)F. The van der Waals surface area contributed by atoms with Crippen LogP contribution in [0.25, 0.3) is 0 Å². The molecule has 28 heavy (non-hydrogen) atoms. The van der Waals surface area contributed by atoms with Crippen LogP contribution in [0.4, 0.5) is 25.2 Å². The summed E-state index contributed by atoms with van der Waals surface area (Å²) in [7, 11) is -9.90. The number of unbranched alkanes of at least 4 members (excludes halogenated alkanes) is 11.